The van der Waals surface area contributed by atoms with Crippen LogP contribution in [0, 0.1) is 0 Å². The van der Waals surface area contributed by atoms with Gasteiger partial charge in [0.25, 0.3) is 5.56 Å². The van der Waals surface area contributed by atoms with Crippen molar-refractivity contribution in [3.63, 3.8) is 0 Å². The summed E-state index contributed by atoms with van der Waals surface area (Å²) in [5, 5.41) is 8.77. The highest BCUT2D eigenvalue weighted by molar-refractivity contribution is 6.30. The molecule has 0 aromatic carbocycles. The van der Waals surface area contributed by atoms with Gasteiger partial charge in [0.1, 0.15) is 5.02 Å². The van der Waals surface area contributed by atoms with Crippen molar-refractivity contribution >= 4 is 11.6 Å². The number of nitrogens with one attached hydrogen (secondary N) is 1. The molecule has 0 saturated heterocycles. The third-order valence-corrected chi connectivity index (χ3v) is 1.79. The third-order valence-electron chi connectivity index (χ3n) is 1.51. The summed E-state index contributed by atoms with van der Waals surface area (Å²) in [6.07, 6.45) is 1.44. The highest BCUT2D eigenvalue weighted by Gasteiger charge is 2.05. The van der Waals surface area contributed by atoms with E-state index in [0.717, 1.165) is 0 Å². The van der Waals surface area contributed by atoms with Gasteiger partial charge in [-0.2, -0.15) is 0 Å². The fourth-order valence-corrected chi connectivity index (χ4v) is 0.971. The predicted molar refractivity (Wildman–Crippen MR) is 46.1 cm³/mol. The number of pyridine rings is 1. The van der Waals surface area contributed by atoms with Crippen molar-refractivity contribution in [2.75, 3.05) is 6.61 Å². The van der Waals surface area contributed by atoms with Gasteiger partial charge in [-0.05, 0) is 11.6 Å². The number of aromatic amines is 1. The van der Waals surface area contributed by atoms with E-state index < -0.39 is 6.04 Å². The minimum absolute atomic E-state index is 0.0800. The average Bonchev–Trinajstić information content (AvgIpc) is 2.08. The number of H-pyrrole nitrogens is 1. The minimum atomic E-state index is -0.501. The number of nitrogens with two attached hydrogens (primary N) is 1. The lowest BCUT2D eigenvalue weighted by Gasteiger charge is -2.07. The van der Waals surface area contributed by atoms with Crippen LogP contribution in [0.2, 0.25) is 5.02 Å². The van der Waals surface area contributed by atoms with Crippen LogP contribution in [0.5, 0.6) is 0 Å². The maximum Gasteiger partial charge on any atom is 0.266 e. The Kier molecular flexibility index (Phi) is 2.86. The Hall–Kier alpha value is -0.840. The quantitative estimate of drug-likeness (QED) is 0.612. The first-order chi connectivity index (χ1) is 5.65. The molecule has 1 heterocycles. The number of hydrogen-bond donors (Lipinski definition) is 3. The fraction of sp³-hybridized carbons (Fsp3) is 0.286. The molecule has 0 spiro atoms. The van der Waals surface area contributed by atoms with Crippen LogP contribution in [0.1, 0.15) is 11.6 Å². The van der Waals surface area contributed by atoms with E-state index >= 15 is 0 Å². The smallest absolute Gasteiger partial charge is 0.266 e. The summed E-state index contributed by atoms with van der Waals surface area (Å²) >= 11 is 5.53. The highest BCUT2D eigenvalue weighted by atomic mass is 35.5. The van der Waals surface area contributed by atoms with Gasteiger partial charge in [-0.3, -0.25) is 4.79 Å². The molecule has 0 bridgehead atoms. The van der Waals surface area contributed by atoms with Crippen LogP contribution in [-0.2, 0) is 0 Å². The Morgan fingerprint density at radius 1 is 1.75 bits per heavy atom. The molecule has 0 radical (unpaired) electrons. The van der Waals surface area contributed by atoms with Gasteiger partial charge in [0.15, 0.2) is 0 Å². The lowest BCUT2D eigenvalue weighted by Crippen LogP contribution is -2.17. The second kappa shape index (κ2) is 3.71. The predicted octanol–water partition coefficient (Wildman–Crippen LogP) is 0.0204. The molecular weight excluding hydrogens is 180 g/mol. The molecule has 0 unspecified atom stereocenters. The zero-order valence-corrected chi connectivity index (χ0v) is 7.01. The zero-order chi connectivity index (χ0) is 9.14. The number of halogens is 1. The first-order valence-electron chi connectivity index (χ1n) is 3.39. The SMILES string of the molecule is N[C@H](CO)c1c[nH]c(=O)c(Cl)c1. The van der Waals surface area contributed by atoms with Gasteiger partial charge in [-0.25, -0.2) is 0 Å². The second-order valence-electron chi connectivity index (χ2n) is 2.40. The Labute approximate surface area is 74.0 Å². The van der Waals surface area contributed by atoms with Crippen molar-refractivity contribution in [3.05, 3.63) is 33.2 Å². The van der Waals surface area contributed by atoms with Crippen molar-refractivity contribution in [2.45, 2.75) is 6.04 Å². The van der Waals surface area contributed by atoms with Gasteiger partial charge in [0.2, 0.25) is 0 Å². The summed E-state index contributed by atoms with van der Waals surface area (Å²) in [5.41, 5.74) is 5.74. The Morgan fingerprint density at radius 2 is 2.42 bits per heavy atom. The second-order valence-corrected chi connectivity index (χ2v) is 2.81. The first-order valence-corrected chi connectivity index (χ1v) is 3.77. The topological polar surface area (TPSA) is 79.1 Å². The van der Waals surface area contributed by atoms with Crippen LogP contribution < -0.4 is 11.3 Å². The molecule has 4 N–H and O–H groups in total. The summed E-state index contributed by atoms with van der Waals surface area (Å²) in [7, 11) is 0. The van der Waals surface area contributed by atoms with E-state index in [9.17, 15) is 4.79 Å². The minimum Gasteiger partial charge on any atom is -0.394 e. The maximum atomic E-state index is 10.8. The number of aliphatic hydroxyl groups excluding tert-OH is 1. The van der Waals surface area contributed by atoms with E-state index in [1.807, 2.05) is 0 Å². The van der Waals surface area contributed by atoms with Crippen molar-refractivity contribution in [3.8, 4) is 0 Å². The van der Waals surface area contributed by atoms with E-state index in [4.69, 9.17) is 22.4 Å². The van der Waals surface area contributed by atoms with Gasteiger partial charge in [0.05, 0.1) is 12.6 Å². The Bertz CT molecular complexity index is 323. The lowest BCUT2D eigenvalue weighted by atomic mass is 10.1. The highest BCUT2D eigenvalue weighted by Crippen LogP contribution is 2.10. The number of aromatic nitrogens is 1. The number of rotatable bonds is 2. The van der Waals surface area contributed by atoms with Crippen molar-refractivity contribution in [1.29, 1.82) is 0 Å². The summed E-state index contributed by atoms with van der Waals surface area (Å²) in [5.74, 6) is 0. The van der Waals surface area contributed by atoms with Gasteiger partial charge < -0.3 is 15.8 Å². The van der Waals surface area contributed by atoms with Gasteiger partial charge in [0, 0.05) is 6.20 Å². The van der Waals surface area contributed by atoms with Crippen molar-refractivity contribution in [1.82, 2.24) is 4.98 Å². The molecule has 1 atom stereocenters. The molecule has 0 aliphatic heterocycles. The van der Waals surface area contributed by atoms with Gasteiger partial charge in [-0.1, -0.05) is 11.6 Å². The molecule has 0 amide bonds. The first kappa shape index (κ1) is 9.25. The number of aliphatic hydroxyl groups is 1. The van der Waals surface area contributed by atoms with Crippen LogP contribution in [0.15, 0.2) is 17.1 Å². The van der Waals surface area contributed by atoms with Crippen LogP contribution >= 0.6 is 11.6 Å². The zero-order valence-electron chi connectivity index (χ0n) is 6.25. The van der Waals surface area contributed by atoms with Crippen LogP contribution in [0.4, 0.5) is 0 Å². The summed E-state index contributed by atoms with van der Waals surface area (Å²) in [4.78, 5) is 13.2. The molecule has 0 aliphatic carbocycles. The normalized spacial score (nSPS) is 12.9. The Balaban J connectivity index is 3.04. The molecule has 12 heavy (non-hydrogen) atoms. The molecule has 0 saturated carbocycles. The molecular formula is C7H9ClN2O2. The van der Waals surface area contributed by atoms with Crippen LogP contribution in [-0.4, -0.2) is 16.7 Å². The molecule has 4 nitrogen and oxygen atoms in total. The molecule has 1 aromatic rings. The van der Waals surface area contributed by atoms with E-state index in [-0.39, 0.29) is 17.2 Å². The Morgan fingerprint density at radius 3 is 2.92 bits per heavy atom. The largest absolute Gasteiger partial charge is 0.394 e. The fourth-order valence-electron chi connectivity index (χ4n) is 0.791. The summed E-state index contributed by atoms with van der Waals surface area (Å²) < 4.78 is 0. The number of hydrogen-bond acceptors (Lipinski definition) is 3. The van der Waals surface area contributed by atoms with Gasteiger partial charge in [-0.15, -0.1) is 0 Å². The van der Waals surface area contributed by atoms with E-state index in [1.54, 1.807) is 0 Å². The van der Waals surface area contributed by atoms with Crippen LogP contribution in [0.3, 0.4) is 0 Å². The third kappa shape index (κ3) is 1.85. The van der Waals surface area contributed by atoms with E-state index in [1.165, 1.54) is 12.3 Å². The molecule has 0 aliphatic rings. The van der Waals surface area contributed by atoms with Crippen molar-refractivity contribution in [2.24, 2.45) is 5.73 Å². The average molecular weight is 189 g/mol. The molecule has 0 fully saturated rings. The summed E-state index contributed by atoms with van der Waals surface area (Å²) in [6.45, 7) is -0.178. The monoisotopic (exact) mass is 188 g/mol. The lowest BCUT2D eigenvalue weighted by molar-refractivity contribution is 0.268. The maximum absolute atomic E-state index is 10.8. The van der Waals surface area contributed by atoms with E-state index in [2.05, 4.69) is 4.98 Å². The van der Waals surface area contributed by atoms with Gasteiger partial charge >= 0.3 is 0 Å². The summed E-state index contributed by atoms with van der Waals surface area (Å²) in [6, 6.07) is 0.945. The van der Waals surface area contributed by atoms with Crippen molar-refractivity contribution < 1.29 is 5.11 Å². The standard InChI is InChI=1S/C7H9ClN2O2/c8-5-1-4(6(9)3-11)2-10-7(5)12/h1-2,6,11H,3,9H2,(H,10,12)/t6-/m1/s1. The molecule has 1 aromatic heterocycles. The molecule has 66 valence electrons. The van der Waals surface area contributed by atoms with E-state index in [0.29, 0.717) is 5.56 Å². The molecule has 5 heteroatoms. The van der Waals surface area contributed by atoms with Crippen LogP contribution in [0.25, 0.3) is 0 Å². The molecule has 1 rings (SSSR count).